The Morgan fingerprint density at radius 1 is 1.15 bits per heavy atom. The molecule has 1 saturated heterocycles. The normalized spacial score (nSPS) is 15.4. The lowest BCUT2D eigenvalue weighted by molar-refractivity contribution is -0.120. The number of fused-ring (bicyclic) bond motifs is 1. The highest BCUT2D eigenvalue weighted by Gasteiger charge is 2.27. The summed E-state index contributed by atoms with van der Waals surface area (Å²) in [6, 6.07) is 11.0. The molecular formula is C19H18F2N4O. The predicted octanol–water partition coefficient (Wildman–Crippen LogP) is 3.70. The topological polar surface area (TPSA) is 61.0 Å². The number of carbonyl (C=O) groups is 1. The lowest BCUT2D eigenvalue weighted by atomic mass is 9.96. The molecular weight excluding hydrogens is 338 g/mol. The van der Waals surface area contributed by atoms with Crippen molar-refractivity contribution in [3.63, 3.8) is 0 Å². The molecule has 4 rings (SSSR count). The molecule has 7 heteroatoms. The van der Waals surface area contributed by atoms with Crippen LogP contribution in [0.2, 0.25) is 0 Å². The number of anilines is 2. The number of piperidine rings is 1. The number of para-hydroxylation sites is 2. The molecule has 0 atom stereocenters. The van der Waals surface area contributed by atoms with E-state index in [1.165, 1.54) is 6.07 Å². The SMILES string of the molecule is O=C(Nc1ccc(F)cc1F)C1CCN(c2nc3ccccc3[nH]2)CC1. The van der Waals surface area contributed by atoms with Crippen LogP contribution in [0.3, 0.4) is 0 Å². The minimum Gasteiger partial charge on any atom is -0.342 e. The molecule has 5 nitrogen and oxygen atoms in total. The minimum absolute atomic E-state index is 0.0103. The van der Waals surface area contributed by atoms with Gasteiger partial charge < -0.3 is 15.2 Å². The summed E-state index contributed by atoms with van der Waals surface area (Å²) < 4.78 is 26.6. The summed E-state index contributed by atoms with van der Waals surface area (Å²) in [5.41, 5.74) is 1.90. The van der Waals surface area contributed by atoms with Crippen molar-refractivity contribution < 1.29 is 13.6 Å². The van der Waals surface area contributed by atoms with Crippen LogP contribution < -0.4 is 10.2 Å². The monoisotopic (exact) mass is 356 g/mol. The second kappa shape index (κ2) is 6.74. The predicted molar refractivity (Wildman–Crippen MR) is 96.0 cm³/mol. The average Bonchev–Trinajstić information content (AvgIpc) is 3.08. The molecule has 134 valence electrons. The van der Waals surface area contributed by atoms with E-state index in [1.807, 2.05) is 24.3 Å². The Morgan fingerprint density at radius 3 is 2.65 bits per heavy atom. The zero-order chi connectivity index (χ0) is 18.1. The van der Waals surface area contributed by atoms with Crippen LogP contribution in [0.25, 0.3) is 11.0 Å². The van der Waals surface area contributed by atoms with Gasteiger partial charge in [0.15, 0.2) is 0 Å². The van der Waals surface area contributed by atoms with E-state index in [1.54, 1.807) is 0 Å². The molecule has 0 saturated carbocycles. The first-order valence-electron chi connectivity index (χ1n) is 8.56. The zero-order valence-corrected chi connectivity index (χ0v) is 14.0. The summed E-state index contributed by atoms with van der Waals surface area (Å²) in [5.74, 6) is -1.08. The lowest BCUT2D eigenvalue weighted by Crippen LogP contribution is -2.38. The molecule has 0 bridgehead atoms. The molecule has 1 amide bonds. The Morgan fingerprint density at radius 2 is 1.92 bits per heavy atom. The van der Waals surface area contributed by atoms with Crippen molar-refractivity contribution >= 4 is 28.6 Å². The number of nitrogens with one attached hydrogen (secondary N) is 2. The zero-order valence-electron chi connectivity index (χ0n) is 14.0. The van der Waals surface area contributed by atoms with Crippen molar-refractivity contribution in [1.82, 2.24) is 9.97 Å². The first-order valence-corrected chi connectivity index (χ1v) is 8.56. The third kappa shape index (κ3) is 3.24. The number of rotatable bonds is 3. The van der Waals surface area contributed by atoms with Gasteiger partial charge in [-0.3, -0.25) is 4.79 Å². The van der Waals surface area contributed by atoms with E-state index in [-0.39, 0.29) is 17.5 Å². The second-order valence-corrected chi connectivity index (χ2v) is 6.45. The largest absolute Gasteiger partial charge is 0.342 e. The summed E-state index contributed by atoms with van der Waals surface area (Å²) in [7, 11) is 0. The number of hydrogen-bond acceptors (Lipinski definition) is 3. The molecule has 26 heavy (non-hydrogen) atoms. The minimum atomic E-state index is -0.766. The fourth-order valence-electron chi connectivity index (χ4n) is 3.27. The third-order valence-electron chi connectivity index (χ3n) is 4.73. The van der Waals surface area contributed by atoms with Crippen LogP contribution in [-0.2, 0) is 4.79 Å². The summed E-state index contributed by atoms with van der Waals surface area (Å²) in [5, 5.41) is 2.56. The standard InChI is InChI=1S/C19H18F2N4O/c20-13-5-6-15(14(21)11-13)22-18(26)12-7-9-25(10-8-12)19-23-16-3-1-2-4-17(16)24-19/h1-6,11-12H,7-10H2,(H,22,26)(H,23,24). The van der Waals surface area contributed by atoms with Gasteiger partial charge >= 0.3 is 0 Å². The molecule has 1 aromatic heterocycles. The van der Waals surface area contributed by atoms with Crippen LogP contribution >= 0.6 is 0 Å². The molecule has 2 heterocycles. The van der Waals surface area contributed by atoms with Crippen LogP contribution in [0.1, 0.15) is 12.8 Å². The summed E-state index contributed by atoms with van der Waals surface area (Å²) in [6.45, 7) is 1.37. The Bertz CT molecular complexity index is 915. The number of H-pyrrole nitrogens is 1. The average molecular weight is 356 g/mol. The van der Waals surface area contributed by atoms with Gasteiger partial charge in [0.2, 0.25) is 11.9 Å². The van der Waals surface area contributed by atoms with Crippen molar-refractivity contribution in [3.8, 4) is 0 Å². The molecule has 2 aromatic carbocycles. The van der Waals surface area contributed by atoms with E-state index >= 15 is 0 Å². The highest BCUT2D eigenvalue weighted by molar-refractivity contribution is 5.92. The first-order chi connectivity index (χ1) is 12.6. The molecule has 3 aromatic rings. The maximum Gasteiger partial charge on any atom is 0.227 e. The van der Waals surface area contributed by atoms with E-state index < -0.39 is 11.6 Å². The fourth-order valence-corrected chi connectivity index (χ4v) is 3.27. The highest BCUT2D eigenvalue weighted by atomic mass is 19.1. The van der Waals surface area contributed by atoms with Crippen LogP contribution in [0.5, 0.6) is 0 Å². The summed E-state index contributed by atoms with van der Waals surface area (Å²) in [6.07, 6.45) is 1.29. The molecule has 1 aliphatic rings. The Hall–Kier alpha value is -2.96. The van der Waals surface area contributed by atoms with Gasteiger partial charge in [-0.1, -0.05) is 12.1 Å². The Kier molecular flexibility index (Phi) is 4.28. The summed E-state index contributed by atoms with van der Waals surface area (Å²) >= 11 is 0. The quantitative estimate of drug-likeness (QED) is 0.752. The molecule has 0 unspecified atom stereocenters. The number of imidazole rings is 1. The van der Waals surface area contributed by atoms with Crippen molar-refractivity contribution in [2.24, 2.45) is 5.92 Å². The number of hydrogen-bond donors (Lipinski definition) is 2. The van der Waals surface area contributed by atoms with Crippen LogP contribution in [-0.4, -0.2) is 29.0 Å². The van der Waals surface area contributed by atoms with E-state index in [0.29, 0.717) is 25.9 Å². The Labute approximate surface area is 149 Å². The molecule has 0 aliphatic carbocycles. The first kappa shape index (κ1) is 16.5. The van der Waals surface area contributed by atoms with E-state index in [4.69, 9.17) is 0 Å². The Balaban J connectivity index is 1.39. The van der Waals surface area contributed by atoms with Crippen molar-refractivity contribution in [3.05, 3.63) is 54.1 Å². The van der Waals surface area contributed by atoms with Crippen molar-refractivity contribution in [2.45, 2.75) is 12.8 Å². The molecule has 0 radical (unpaired) electrons. The number of carbonyl (C=O) groups excluding carboxylic acids is 1. The van der Waals surface area contributed by atoms with Gasteiger partial charge in [-0.05, 0) is 37.1 Å². The number of benzene rings is 2. The van der Waals surface area contributed by atoms with Gasteiger partial charge in [0.05, 0.1) is 16.7 Å². The van der Waals surface area contributed by atoms with Gasteiger partial charge in [-0.25, -0.2) is 13.8 Å². The van der Waals surface area contributed by atoms with E-state index in [0.717, 1.165) is 29.1 Å². The van der Waals surface area contributed by atoms with Gasteiger partial charge in [0, 0.05) is 25.1 Å². The maximum absolute atomic E-state index is 13.7. The fraction of sp³-hybridized carbons (Fsp3) is 0.263. The number of aromatic nitrogens is 2. The molecule has 2 N–H and O–H groups in total. The van der Waals surface area contributed by atoms with Crippen LogP contribution in [0.4, 0.5) is 20.4 Å². The van der Waals surface area contributed by atoms with E-state index in [9.17, 15) is 13.6 Å². The second-order valence-electron chi connectivity index (χ2n) is 6.45. The number of aromatic amines is 1. The molecule has 0 spiro atoms. The number of amides is 1. The smallest absolute Gasteiger partial charge is 0.227 e. The van der Waals surface area contributed by atoms with Gasteiger partial charge in [-0.15, -0.1) is 0 Å². The van der Waals surface area contributed by atoms with Crippen LogP contribution in [0.15, 0.2) is 42.5 Å². The lowest BCUT2D eigenvalue weighted by Gasteiger charge is -2.31. The van der Waals surface area contributed by atoms with Crippen LogP contribution in [0, 0.1) is 17.6 Å². The molecule has 1 aliphatic heterocycles. The summed E-state index contributed by atoms with van der Waals surface area (Å²) in [4.78, 5) is 22.4. The maximum atomic E-state index is 13.7. The number of halogens is 2. The van der Waals surface area contributed by atoms with Gasteiger partial charge in [0.1, 0.15) is 11.6 Å². The van der Waals surface area contributed by atoms with Gasteiger partial charge in [-0.2, -0.15) is 0 Å². The number of nitrogens with zero attached hydrogens (tertiary/aromatic N) is 2. The van der Waals surface area contributed by atoms with Crippen molar-refractivity contribution in [1.29, 1.82) is 0 Å². The van der Waals surface area contributed by atoms with Gasteiger partial charge in [0.25, 0.3) is 0 Å². The van der Waals surface area contributed by atoms with E-state index in [2.05, 4.69) is 20.2 Å². The highest BCUT2D eigenvalue weighted by Crippen LogP contribution is 2.25. The van der Waals surface area contributed by atoms with Crippen molar-refractivity contribution in [2.75, 3.05) is 23.3 Å². The molecule has 1 fully saturated rings. The third-order valence-corrected chi connectivity index (χ3v) is 4.73.